The molecule has 3 unspecified atom stereocenters. The molecule has 1 saturated carbocycles. The Balaban J connectivity index is 4.07. The smallest absolute Gasteiger partial charge is 0.353 e. The van der Waals surface area contributed by atoms with Crippen molar-refractivity contribution in [3.8, 4) is 0 Å². The van der Waals surface area contributed by atoms with Gasteiger partial charge in [-0.15, -0.1) is 0 Å². The Morgan fingerprint density at radius 2 is 0.714 bits per heavy atom. The normalized spacial score (nSPS) is 28.5. The Kier molecular flexibility index (Phi) is 16.0. The molecule has 21 heteroatoms. The number of aliphatic hydroxyl groups excluding tert-OH is 3. The lowest BCUT2D eigenvalue weighted by Gasteiger charge is -2.48. The van der Waals surface area contributed by atoms with Gasteiger partial charge in [-0.2, -0.15) is 0 Å². The summed E-state index contributed by atoms with van der Waals surface area (Å²) >= 11 is 0. The van der Waals surface area contributed by atoms with E-state index in [2.05, 4.69) is 0 Å². The van der Waals surface area contributed by atoms with Gasteiger partial charge in [-0.3, -0.25) is 41.6 Å². The minimum atomic E-state index is -5.13. The molecule has 1 fully saturated rings. The van der Waals surface area contributed by atoms with Crippen LogP contribution in [0, 0.1) is 0 Å². The van der Waals surface area contributed by atoms with Crippen molar-refractivity contribution in [3.05, 3.63) is 0 Å². The van der Waals surface area contributed by atoms with Gasteiger partial charge < -0.3 is 44.2 Å². The highest BCUT2D eigenvalue weighted by Crippen LogP contribution is 2.54. The molecular formula is C21H39O18P3. The molecule has 1 aliphatic rings. The molecule has 0 amide bonds. The SMILES string of the molecule is CCCC(=O)O[C@@H]1[C@@H](OC(=O)CCC)[C@H](OP(=O)(O)CO)[C@@H](OP(=O)(O)CO)[C@@H](OP(=O)(O)CO)[C@H]1OC(=O)CCC. The summed E-state index contributed by atoms with van der Waals surface area (Å²) in [5.74, 6) is -3.02. The quantitative estimate of drug-likeness (QED) is 0.0663. The van der Waals surface area contributed by atoms with E-state index in [-0.39, 0.29) is 38.5 Å². The average Bonchev–Trinajstić information content (AvgIpc) is 2.90. The average molecular weight is 672 g/mol. The number of carbonyl (C=O) groups is 3. The Morgan fingerprint density at radius 1 is 0.500 bits per heavy atom. The fourth-order valence-electron chi connectivity index (χ4n) is 3.80. The van der Waals surface area contributed by atoms with Crippen molar-refractivity contribution in [1.29, 1.82) is 0 Å². The van der Waals surface area contributed by atoms with Crippen molar-refractivity contribution in [2.45, 2.75) is 95.9 Å². The zero-order valence-electron chi connectivity index (χ0n) is 23.3. The van der Waals surface area contributed by atoms with Crippen molar-refractivity contribution in [2.75, 3.05) is 19.0 Å². The molecule has 1 aliphatic carbocycles. The third-order valence-corrected chi connectivity index (χ3v) is 8.29. The van der Waals surface area contributed by atoms with E-state index >= 15 is 0 Å². The van der Waals surface area contributed by atoms with Gasteiger partial charge in [-0.05, 0) is 19.3 Å². The molecule has 1 rings (SSSR count). The third kappa shape index (κ3) is 12.0. The van der Waals surface area contributed by atoms with Gasteiger partial charge >= 0.3 is 40.7 Å². The lowest BCUT2D eigenvalue weighted by atomic mass is 9.84. The number of carbonyl (C=O) groups excluding carboxylic acids is 3. The van der Waals surface area contributed by atoms with Crippen LogP contribution in [0.2, 0.25) is 0 Å². The number of esters is 3. The molecule has 0 heterocycles. The zero-order chi connectivity index (χ0) is 32.3. The second-order valence-electron chi connectivity index (χ2n) is 9.16. The lowest BCUT2D eigenvalue weighted by Crippen LogP contribution is -2.68. The molecule has 0 aromatic carbocycles. The van der Waals surface area contributed by atoms with E-state index in [1.807, 2.05) is 0 Å². The highest BCUT2D eigenvalue weighted by molar-refractivity contribution is 7.53. The molecule has 0 aliphatic heterocycles. The molecule has 42 heavy (non-hydrogen) atoms. The topological polar surface area (TPSA) is 279 Å². The van der Waals surface area contributed by atoms with Crippen LogP contribution in [0.1, 0.15) is 59.3 Å². The summed E-state index contributed by atoms with van der Waals surface area (Å²) in [7, 11) is -15.3. The van der Waals surface area contributed by atoms with Crippen LogP contribution in [0.25, 0.3) is 0 Å². The standard InChI is InChI=1S/C21H39O18P3/c1-4-7-13(25)34-16-17(35-14(26)8-5-2)19(37-40(28,29)10-22)21(39-42(32,33)12-24)20(38-41(30,31)11-23)18(16)36-15(27)9-6-3/h16-24H,4-12H2,1-3H3,(H,28,29)(H,30,31)(H,32,33)/t16-,17-,18+,19-,20-,21-/m0/s1. The van der Waals surface area contributed by atoms with E-state index in [0.717, 1.165) is 0 Å². The molecule has 6 N–H and O–H groups in total. The van der Waals surface area contributed by atoms with E-state index in [1.54, 1.807) is 20.8 Å². The molecule has 0 aromatic heterocycles. The van der Waals surface area contributed by atoms with Crippen molar-refractivity contribution >= 4 is 40.7 Å². The first-order valence-corrected chi connectivity index (χ1v) is 18.2. The summed E-state index contributed by atoms with van der Waals surface area (Å²) in [5, 5.41) is 28.2. The summed E-state index contributed by atoms with van der Waals surface area (Å²) in [6, 6.07) is 0. The molecule has 0 saturated heterocycles. The summed E-state index contributed by atoms with van der Waals surface area (Å²) in [5.41, 5.74) is 0. The third-order valence-electron chi connectivity index (χ3n) is 5.50. The molecule has 0 aromatic rings. The predicted octanol–water partition coefficient (Wildman–Crippen LogP) is 0.697. The maximum Gasteiger partial charge on any atom is 0.353 e. The largest absolute Gasteiger partial charge is 0.455 e. The summed E-state index contributed by atoms with van der Waals surface area (Å²) in [6.07, 6.45) is -18.0. The van der Waals surface area contributed by atoms with Crippen LogP contribution in [0.15, 0.2) is 0 Å². The van der Waals surface area contributed by atoms with Gasteiger partial charge in [0.25, 0.3) is 0 Å². The van der Waals surface area contributed by atoms with Crippen LogP contribution >= 0.6 is 22.8 Å². The van der Waals surface area contributed by atoms with E-state index in [4.69, 9.17) is 27.8 Å². The van der Waals surface area contributed by atoms with E-state index in [0.29, 0.717) is 0 Å². The predicted molar refractivity (Wildman–Crippen MR) is 140 cm³/mol. The fourth-order valence-corrected chi connectivity index (χ4v) is 5.86. The molecular weight excluding hydrogens is 633 g/mol. The molecule has 0 spiro atoms. The molecule has 246 valence electrons. The van der Waals surface area contributed by atoms with Crippen molar-refractivity contribution < 1.29 is 85.9 Å². The second kappa shape index (κ2) is 17.3. The van der Waals surface area contributed by atoms with Gasteiger partial charge in [0.2, 0.25) is 0 Å². The lowest BCUT2D eigenvalue weighted by molar-refractivity contribution is -0.238. The molecule has 18 nitrogen and oxygen atoms in total. The van der Waals surface area contributed by atoms with Gasteiger partial charge in [-0.25, -0.2) is 0 Å². The van der Waals surface area contributed by atoms with E-state index < -0.39 is 96.4 Å². The fraction of sp³-hybridized carbons (Fsp3) is 0.857. The van der Waals surface area contributed by atoms with E-state index in [1.165, 1.54) is 0 Å². The highest BCUT2D eigenvalue weighted by atomic mass is 31.2. The van der Waals surface area contributed by atoms with Crippen LogP contribution < -0.4 is 0 Å². The highest BCUT2D eigenvalue weighted by Gasteiger charge is 2.61. The van der Waals surface area contributed by atoms with E-state index in [9.17, 15) is 58.1 Å². The van der Waals surface area contributed by atoms with Crippen LogP contribution in [0.3, 0.4) is 0 Å². The Hall–Kier alpha value is -1.26. The van der Waals surface area contributed by atoms with Gasteiger partial charge in [0.1, 0.15) is 37.4 Å². The number of rotatable bonds is 18. The molecule has 9 atom stereocenters. The monoisotopic (exact) mass is 672 g/mol. The van der Waals surface area contributed by atoms with Gasteiger partial charge in [0.05, 0.1) is 0 Å². The maximum atomic E-state index is 12.7. The summed E-state index contributed by atoms with van der Waals surface area (Å²) in [4.78, 5) is 68.3. The van der Waals surface area contributed by atoms with Crippen LogP contribution in [0.5, 0.6) is 0 Å². The molecule has 0 bridgehead atoms. The second-order valence-corrected chi connectivity index (χ2v) is 14.5. The first-order chi connectivity index (χ1) is 19.5. The Bertz CT molecular complexity index is 993. The minimum Gasteiger partial charge on any atom is -0.455 e. The minimum absolute atomic E-state index is 0.216. The Labute approximate surface area is 241 Å². The maximum absolute atomic E-state index is 12.7. The van der Waals surface area contributed by atoms with Crippen LogP contribution in [0.4, 0.5) is 0 Å². The number of aliphatic hydroxyl groups is 3. The van der Waals surface area contributed by atoms with Gasteiger partial charge in [0.15, 0.2) is 18.3 Å². The van der Waals surface area contributed by atoms with Crippen LogP contribution in [-0.4, -0.2) is 104 Å². The van der Waals surface area contributed by atoms with Gasteiger partial charge in [-0.1, -0.05) is 20.8 Å². The van der Waals surface area contributed by atoms with Crippen LogP contribution in [-0.2, 0) is 55.9 Å². The number of hydrogen-bond donors (Lipinski definition) is 6. The summed E-state index contributed by atoms with van der Waals surface area (Å²) < 4.78 is 69.0. The first kappa shape index (κ1) is 38.8. The van der Waals surface area contributed by atoms with Crippen molar-refractivity contribution in [3.63, 3.8) is 0 Å². The number of ether oxygens (including phenoxy) is 3. The van der Waals surface area contributed by atoms with Gasteiger partial charge in [0, 0.05) is 19.3 Å². The first-order valence-electron chi connectivity index (χ1n) is 12.9. The molecule has 0 radical (unpaired) electrons. The summed E-state index contributed by atoms with van der Waals surface area (Å²) in [6.45, 7) is 4.77. The Morgan fingerprint density at radius 3 is 0.929 bits per heavy atom. The zero-order valence-corrected chi connectivity index (χ0v) is 25.9. The van der Waals surface area contributed by atoms with Crippen molar-refractivity contribution in [2.24, 2.45) is 0 Å². The van der Waals surface area contributed by atoms with Crippen molar-refractivity contribution in [1.82, 2.24) is 0 Å². The number of hydrogen-bond acceptors (Lipinski definition) is 15.